The third-order valence-electron chi connectivity index (χ3n) is 4.11. The van der Waals surface area contributed by atoms with Crippen LogP contribution in [0.4, 0.5) is 0 Å². The lowest BCUT2D eigenvalue weighted by Gasteiger charge is -2.03. The van der Waals surface area contributed by atoms with Crippen LogP contribution in [-0.4, -0.2) is 10.2 Å². The summed E-state index contributed by atoms with van der Waals surface area (Å²) in [6, 6.07) is 0.00113. The molecule has 1 atom stereocenters. The summed E-state index contributed by atoms with van der Waals surface area (Å²) in [4.78, 5) is 0. The molecular weight excluding hydrogens is 206 g/mol. The summed E-state index contributed by atoms with van der Waals surface area (Å²) in [6.45, 7) is 11.1. The van der Waals surface area contributed by atoms with Crippen molar-refractivity contribution < 1.29 is 0 Å². The Labute approximate surface area is 95.1 Å². The fourth-order valence-corrected chi connectivity index (χ4v) is 3.63. The Balaban J connectivity index is 2.26. The molecule has 2 rings (SSSR count). The van der Waals surface area contributed by atoms with Crippen molar-refractivity contribution in [3.8, 4) is 0 Å². The Kier molecular flexibility index (Phi) is 2.21. The molecule has 1 aliphatic rings. The van der Waals surface area contributed by atoms with Crippen LogP contribution >= 0.6 is 11.3 Å². The average Bonchev–Trinajstić information content (AvgIpc) is 2.52. The Morgan fingerprint density at radius 3 is 2.07 bits per heavy atom. The predicted octanol–water partition coefficient (Wildman–Crippen LogP) is 2.71. The molecule has 1 aromatic rings. The van der Waals surface area contributed by atoms with Crippen molar-refractivity contribution in [3.05, 3.63) is 10.0 Å². The maximum Gasteiger partial charge on any atom is 0.133 e. The molecule has 84 valence electrons. The summed E-state index contributed by atoms with van der Waals surface area (Å²) in [6.07, 6.45) is 0. The van der Waals surface area contributed by atoms with E-state index in [1.807, 2.05) is 6.92 Å². The zero-order valence-corrected chi connectivity index (χ0v) is 10.9. The van der Waals surface area contributed by atoms with E-state index in [4.69, 9.17) is 5.73 Å². The van der Waals surface area contributed by atoms with Crippen molar-refractivity contribution in [1.29, 1.82) is 0 Å². The molecule has 0 aliphatic heterocycles. The minimum Gasteiger partial charge on any atom is -0.322 e. The quantitative estimate of drug-likeness (QED) is 0.842. The molecule has 1 unspecified atom stereocenters. The Hall–Kier alpha value is -0.480. The van der Waals surface area contributed by atoms with Crippen LogP contribution in [-0.2, 0) is 0 Å². The second-order valence-electron chi connectivity index (χ2n) is 5.64. The highest BCUT2D eigenvalue weighted by Crippen LogP contribution is 2.73. The molecule has 0 saturated heterocycles. The molecule has 1 saturated carbocycles. The van der Waals surface area contributed by atoms with Gasteiger partial charge in [0.05, 0.1) is 6.04 Å². The standard InChI is InChI=1S/C11H19N3S/c1-6(12)8-13-14-9(15-8)7-10(2,3)11(7,4)5/h6-7H,12H2,1-5H3. The summed E-state index contributed by atoms with van der Waals surface area (Å²) >= 11 is 1.67. The fraction of sp³-hybridized carbons (Fsp3) is 0.818. The smallest absolute Gasteiger partial charge is 0.133 e. The lowest BCUT2D eigenvalue weighted by Crippen LogP contribution is -2.03. The van der Waals surface area contributed by atoms with Crippen molar-refractivity contribution in [1.82, 2.24) is 10.2 Å². The largest absolute Gasteiger partial charge is 0.322 e. The van der Waals surface area contributed by atoms with E-state index in [0.29, 0.717) is 16.7 Å². The van der Waals surface area contributed by atoms with Gasteiger partial charge in [-0.15, -0.1) is 10.2 Å². The van der Waals surface area contributed by atoms with Crippen molar-refractivity contribution >= 4 is 11.3 Å². The summed E-state index contributed by atoms with van der Waals surface area (Å²) in [5.74, 6) is 0.537. The van der Waals surface area contributed by atoms with Crippen LogP contribution in [0.15, 0.2) is 0 Å². The highest BCUT2D eigenvalue weighted by molar-refractivity contribution is 7.11. The van der Waals surface area contributed by atoms with Gasteiger partial charge in [-0.3, -0.25) is 0 Å². The first kappa shape index (κ1) is 11.0. The van der Waals surface area contributed by atoms with E-state index in [-0.39, 0.29) is 6.04 Å². The second kappa shape index (κ2) is 3.01. The van der Waals surface area contributed by atoms with E-state index in [9.17, 15) is 0 Å². The van der Waals surface area contributed by atoms with Crippen LogP contribution in [0.2, 0.25) is 0 Å². The van der Waals surface area contributed by atoms with Gasteiger partial charge in [-0.1, -0.05) is 39.0 Å². The van der Waals surface area contributed by atoms with E-state index in [0.717, 1.165) is 10.0 Å². The number of aromatic nitrogens is 2. The molecule has 1 heterocycles. The maximum absolute atomic E-state index is 5.79. The Bertz CT molecular complexity index is 365. The molecule has 1 aromatic heterocycles. The number of nitrogens with zero attached hydrogens (tertiary/aromatic N) is 2. The van der Waals surface area contributed by atoms with E-state index >= 15 is 0 Å². The van der Waals surface area contributed by atoms with Crippen LogP contribution in [0.5, 0.6) is 0 Å². The zero-order chi connectivity index (χ0) is 11.4. The predicted molar refractivity (Wildman–Crippen MR) is 62.8 cm³/mol. The van der Waals surface area contributed by atoms with Crippen molar-refractivity contribution in [2.45, 2.75) is 46.6 Å². The number of rotatable bonds is 2. The van der Waals surface area contributed by atoms with Crippen LogP contribution in [0, 0.1) is 10.8 Å². The highest BCUT2D eigenvalue weighted by atomic mass is 32.1. The third kappa shape index (κ3) is 1.42. The monoisotopic (exact) mass is 225 g/mol. The van der Waals surface area contributed by atoms with Crippen molar-refractivity contribution in [2.24, 2.45) is 16.6 Å². The summed E-state index contributed by atoms with van der Waals surface area (Å²) in [5.41, 5.74) is 6.46. The first-order valence-corrected chi connectivity index (χ1v) is 6.19. The molecule has 0 spiro atoms. The van der Waals surface area contributed by atoms with E-state index in [1.54, 1.807) is 11.3 Å². The van der Waals surface area contributed by atoms with Gasteiger partial charge in [0.25, 0.3) is 0 Å². The summed E-state index contributed by atoms with van der Waals surface area (Å²) in [5, 5.41) is 10.5. The SMILES string of the molecule is CC(N)c1nnc(C2C(C)(C)C2(C)C)s1. The van der Waals surface area contributed by atoms with Gasteiger partial charge in [0.1, 0.15) is 10.0 Å². The Morgan fingerprint density at radius 1 is 1.20 bits per heavy atom. The Morgan fingerprint density at radius 2 is 1.73 bits per heavy atom. The number of hydrogen-bond donors (Lipinski definition) is 1. The molecule has 0 amide bonds. The molecule has 1 fully saturated rings. The molecule has 15 heavy (non-hydrogen) atoms. The van der Waals surface area contributed by atoms with Crippen molar-refractivity contribution in [3.63, 3.8) is 0 Å². The molecule has 2 N–H and O–H groups in total. The molecule has 3 nitrogen and oxygen atoms in total. The van der Waals surface area contributed by atoms with Crippen LogP contribution < -0.4 is 5.73 Å². The van der Waals surface area contributed by atoms with Gasteiger partial charge < -0.3 is 5.73 Å². The van der Waals surface area contributed by atoms with E-state index in [1.165, 1.54) is 0 Å². The van der Waals surface area contributed by atoms with Crippen molar-refractivity contribution in [2.75, 3.05) is 0 Å². The molecule has 0 aromatic carbocycles. The molecule has 0 radical (unpaired) electrons. The molecule has 0 bridgehead atoms. The lowest BCUT2D eigenvalue weighted by molar-refractivity contribution is 0.457. The van der Waals surface area contributed by atoms with Gasteiger partial charge in [0.15, 0.2) is 0 Å². The minimum atomic E-state index is 0.00113. The van der Waals surface area contributed by atoms with Gasteiger partial charge in [0, 0.05) is 5.92 Å². The van der Waals surface area contributed by atoms with Gasteiger partial charge in [-0.2, -0.15) is 0 Å². The van der Waals surface area contributed by atoms with Crippen LogP contribution in [0.25, 0.3) is 0 Å². The van der Waals surface area contributed by atoms with Crippen LogP contribution in [0.3, 0.4) is 0 Å². The van der Waals surface area contributed by atoms with Gasteiger partial charge in [0.2, 0.25) is 0 Å². The topological polar surface area (TPSA) is 51.8 Å². The maximum atomic E-state index is 5.79. The third-order valence-corrected chi connectivity index (χ3v) is 5.30. The molecule has 4 heteroatoms. The molecule has 1 aliphatic carbocycles. The summed E-state index contributed by atoms with van der Waals surface area (Å²) in [7, 11) is 0. The zero-order valence-electron chi connectivity index (χ0n) is 10.0. The lowest BCUT2D eigenvalue weighted by atomic mass is 10.0. The minimum absolute atomic E-state index is 0.00113. The first-order chi connectivity index (χ1) is 6.78. The van der Waals surface area contributed by atoms with Gasteiger partial charge >= 0.3 is 0 Å². The highest BCUT2D eigenvalue weighted by Gasteiger charge is 2.66. The van der Waals surface area contributed by atoms with Gasteiger partial charge in [-0.25, -0.2) is 0 Å². The number of nitrogens with two attached hydrogens (primary N) is 1. The average molecular weight is 225 g/mol. The summed E-state index contributed by atoms with van der Waals surface area (Å²) < 4.78 is 0. The first-order valence-electron chi connectivity index (χ1n) is 5.37. The van der Waals surface area contributed by atoms with Gasteiger partial charge in [-0.05, 0) is 17.8 Å². The van der Waals surface area contributed by atoms with E-state index < -0.39 is 0 Å². The normalized spacial score (nSPS) is 25.2. The number of hydrogen-bond acceptors (Lipinski definition) is 4. The van der Waals surface area contributed by atoms with Crippen LogP contribution in [0.1, 0.15) is 56.6 Å². The van der Waals surface area contributed by atoms with E-state index in [2.05, 4.69) is 37.9 Å². The second-order valence-corrected chi connectivity index (χ2v) is 6.68. The molecular formula is C11H19N3S. The fourth-order valence-electron chi connectivity index (χ4n) is 2.36.